The first-order valence-corrected chi connectivity index (χ1v) is 6.50. The highest BCUT2D eigenvalue weighted by Crippen LogP contribution is 2.22. The first kappa shape index (κ1) is 15.7. The predicted molar refractivity (Wildman–Crippen MR) is 68.6 cm³/mol. The van der Waals surface area contributed by atoms with E-state index in [1.54, 1.807) is 20.8 Å². The molecule has 0 heterocycles. The normalized spacial score (nSPS) is 14.6. The summed E-state index contributed by atoms with van der Waals surface area (Å²) in [6.45, 7) is 5.34. The molecule has 0 aromatic heterocycles. The molecule has 0 N–H and O–H groups in total. The molecule has 0 aliphatic carbocycles. The Hall–Kier alpha value is -1.37. The molecule has 0 unspecified atom stereocenters. The van der Waals surface area contributed by atoms with Crippen LogP contribution in [0.4, 0.5) is 13.2 Å². The van der Waals surface area contributed by atoms with Gasteiger partial charge in [0.15, 0.2) is 0 Å². The summed E-state index contributed by atoms with van der Waals surface area (Å²) in [5.74, 6) is -0.304. The van der Waals surface area contributed by atoms with Gasteiger partial charge in [-0.2, -0.15) is 4.40 Å². The van der Waals surface area contributed by atoms with Crippen LogP contribution in [0.15, 0.2) is 28.7 Å². The van der Waals surface area contributed by atoms with Crippen molar-refractivity contribution in [3.8, 4) is 5.75 Å². The van der Waals surface area contributed by atoms with Gasteiger partial charge in [0.1, 0.15) is 16.7 Å². The fourth-order valence-electron chi connectivity index (χ4n) is 1.02. The minimum atomic E-state index is -4.71. The lowest BCUT2D eigenvalue weighted by Crippen LogP contribution is -2.19. The lowest BCUT2D eigenvalue weighted by atomic mass is 10.2. The molecule has 1 aromatic carbocycles. The molecule has 0 spiro atoms. The minimum Gasteiger partial charge on any atom is -0.406 e. The molecule has 1 atom stereocenters. The van der Waals surface area contributed by atoms with Crippen molar-refractivity contribution >= 4 is 17.2 Å². The molecular formula is C12H14F3NO2S. The van der Waals surface area contributed by atoms with E-state index in [1.165, 1.54) is 30.5 Å². The van der Waals surface area contributed by atoms with E-state index in [4.69, 9.17) is 0 Å². The van der Waals surface area contributed by atoms with Gasteiger partial charge < -0.3 is 4.74 Å². The SMILES string of the molecule is CC(C)(C)[S@@](=O)/N=C/c1ccc(OC(F)(F)F)cc1. The van der Waals surface area contributed by atoms with Crippen molar-refractivity contribution in [2.45, 2.75) is 31.9 Å². The maximum Gasteiger partial charge on any atom is 0.573 e. The Kier molecular flexibility index (Phi) is 4.73. The van der Waals surface area contributed by atoms with Gasteiger partial charge in [0.05, 0.1) is 4.75 Å². The maximum absolute atomic E-state index is 11.9. The van der Waals surface area contributed by atoms with Crippen molar-refractivity contribution in [3.05, 3.63) is 29.8 Å². The first-order chi connectivity index (χ1) is 8.58. The van der Waals surface area contributed by atoms with Gasteiger partial charge in [-0.3, -0.25) is 0 Å². The van der Waals surface area contributed by atoms with Gasteiger partial charge in [-0.25, -0.2) is 4.21 Å². The van der Waals surface area contributed by atoms with Crippen molar-refractivity contribution in [3.63, 3.8) is 0 Å². The van der Waals surface area contributed by atoms with Crippen LogP contribution in [0.1, 0.15) is 26.3 Å². The van der Waals surface area contributed by atoms with Crippen LogP contribution in [0.25, 0.3) is 0 Å². The van der Waals surface area contributed by atoms with Gasteiger partial charge in [0.25, 0.3) is 0 Å². The third-order valence-corrected chi connectivity index (χ3v) is 3.28. The second kappa shape index (κ2) is 5.73. The molecule has 3 nitrogen and oxygen atoms in total. The van der Waals surface area contributed by atoms with Crippen molar-refractivity contribution < 1.29 is 22.1 Å². The molecule has 0 aliphatic heterocycles. The van der Waals surface area contributed by atoms with Gasteiger partial charge in [-0.15, -0.1) is 13.2 Å². The Balaban J connectivity index is 2.73. The standard InChI is InChI=1S/C12H14F3NO2S/c1-11(2,3)19(17)16-8-9-4-6-10(7-5-9)18-12(13,14)15/h4-8H,1-3H3/b16-8+/t19-/m1/s1. The number of benzene rings is 1. The average molecular weight is 293 g/mol. The second-order valence-electron chi connectivity index (χ2n) is 4.71. The van der Waals surface area contributed by atoms with Gasteiger partial charge in [-0.1, -0.05) is 0 Å². The molecule has 0 saturated carbocycles. The Morgan fingerprint density at radius 2 is 1.68 bits per heavy atom. The molecule has 0 saturated heterocycles. The lowest BCUT2D eigenvalue weighted by molar-refractivity contribution is -0.274. The van der Waals surface area contributed by atoms with Gasteiger partial charge in [-0.05, 0) is 50.6 Å². The fraction of sp³-hybridized carbons (Fsp3) is 0.417. The van der Waals surface area contributed by atoms with Crippen LogP contribution >= 0.6 is 0 Å². The number of halogens is 3. The molecule has 7 heteroatoms. The number of nitrogens with zero attached hydrogens (tertiary/aromatic N) is 1. The van der Waals surface area contributed by atoms with Crippen LogP contribution < -0.4 is 4.74 Å². The molecule has 0 aliphatic rings. The van der Waals surface area contributed by atoms with Gasteiger partial charge in [0, 0.05) is 6.21 Å². The van der Waals surface area contributed by atoms with Crippen LogP contribution in [0.5, 0.6) is 5.75 Å². The third-order valence-electron chi connectivity index (χ3n) is 1.94. The smallest absolute Gasteiger partial charge is 0.406 e. The molecule has 1 rings (SSSR count). The quantitative estimate of drug-likeness (QED) is 0.800. The van der Waals surface area contributed by atoms with Crippen LogP contribution in [-0.4, -0.2) is 21.5 Å². The molecule has 1 aromatic rings. The Labute approximate surface area is 112 Å². The zero-order chi connectivity index (χ0) is 14.7. The topological polar surface area (TPSA) is 38.7 Å². The van der Waals surface area contributed by atoms with E-state index < -0.39 is 22.1 Å². The van der Waals surface area contributed by atoms with E-state index in [-0.39, 0.29) is 5.75 Å². The van der Waals surface area contributed by atoms with Crippen LogP contribution in [-0.2, 0) is 11.0 Å². The zero-order valence-corrected chi connectivity index (χ0v) is 11.5. The number of ether oxygens (including phenoxy) is 1. The lowest BCUT2D eigenvalue weighted by Gasteiger charge is -2.12. The van der Waals surface area contributed by atoms with Gasteiger partial charge in [0.2, 0.25) is 0 Å². The van der Waals surface area contributed by atoms with E-state index >= 15 is 0 Å². The van der Waals surface area contributed by atoms with Crippen molar-refractivity contribution in [1.29, 1.82) is 0 Å². The molecule has 0 bridgehead atoms. The number of hydrogen-bond acceptors (Lipinski definition) is 2. The van der Waals surface area contributed by atoms with E-state index in [1.807, 2.05) is 0 Å². The summed E-state index contributed by atoms with van der Waals surface area (Å²) in [5, 5.41) is 0. The first-order valence-electron chi connectivity index (χ1n) is 5.40. The highest BCUT2D eigenvalue weighted by Gasteiger charge is 2.30. The summed E-state index contributed by atoms with van der Waals surface area (Å²) in [5.41, 5.74) is 0.548. The summed E-state index contributed by atoms with van der Waals surface area (Å²) in [4.78, 5) is 0. The summed E-state index contributed by atoms with van der Waals surface area (Å²) in [6, 6.07) is 5.17. The monoisotopic (exact) mass is 293 g/mol. The number of alkyl halides is 3. The predicted octanol–water partition coefficient (Wildman–Crippen LogP) is 3.47. The fourth-order valence-corrected chi connectivity index (χ4v) is 1.56. The van der Waals surface area contributed by atoms with Crippen molar-refractivity contribution in [1.82, 2.24) is 0 Å². The highest BCUT2D eigenvalue weighted by molar-refractivity contribution is 7.85. The third kappa shape index (κ3) is 5.87. The summed E-state index contributed by atoms with van der Waals surface area (Å²) in [7, 11) is -1.40. The largest absolute Gasteiger partial charge is 0.573 e. The molecule has 19 heavy (non-hydrogen) atoms. The molecular weight excluding hydrogens is 279 g/mol. The van der Waals surface area contributed by atoms with E-state index in [9.17, 15) is 17.4 Å². The van der Waals surface area contributed by atoms with Crippen molar-refractivity contribution in [2.75, 3.05) is 0 Å². The highest BCUT2D eigenvalue weighted by atomic mass is 32.2. The molecule has 0 radical (unpaired) electrons. The van der Waals surface area contributed by atoms with Crippen LogP contribution in [0.3, 0.4) is 0 Å². The van der Waals surface area contributed by atoms with Gasteiger partial charge >= 0.3 is 6.36 Å². The van der Waals surface area contributed by atoms with E-state index in [0.717, 1.165) is 0 Å². The molecule has 0 fully saturated rings. The Morgan fingerprint density at radius 1 is 1.16 bits per heavy atom. The molecule has 106 valence electrons. The van der Waals surface area contributed by atoms with Crippen molar-refractivity contribution in [2.24, 2.45) is 4.40 Å². The van der Waals surface area contributed by atoms with E-state index in [2.05, 4.69) is 9.13 Å². The van der Waals surface area contributed by atoms with E-state index in [0.29, 0.717) is 5.56 Å². The van der Waals surface area contributed by atoms with Crippen LogP contribution in [0.2, 0.25) is 0 Å². The zero-order valence-electron chi connectivity index (χ0n) is 10.7. The second-order valence-corrected chi connectivity index (χ2v) is 6.65. The molecule has 0 amide bonds. The van der Waals surface area contributed by atoms with Crippen LogP contribution in [0, 0.1) is 0 Å². The number of rotatable bonds is 3. The Bertz CT molecular complexity index is 475. The summed E-state index contributed by atoms with van der Waals surface area (Å²) in [6.07, 6.45) is -3.35. The minimum absolute atomic E-state index is 0.304. The summed E-state index contributed by atoms with van der Waals surface area (Å²) >= 11 is 0. The average Bonchev–Trinajstić information content (AvgIpc) is 2.24. The summed E-state index contributed by atoms with van der Waals surface area (Å²) < 4.78 is 54.6. The number of hydrogen-bond donors (Lipinski definition) is 0. The Morgan fingerprint density at radius 3 is 2.11 bits per heavy atom. The maximum atomic E-state index is 11.9.